The number of amides is 1. The second-order valence-corrected chi connectivity index (χ2v) is 7.04. The van der Waals surface area contributed by atoms with Crippen LogP contribution >= 0.6 is 0 Å². The molecule has 4 rings (SSSR count). The molecule has 0 N–H and O–H groups in total. The number of rotatable bonds is 3. The fraction of sp³-hybridized carbons (Fsp3) is 0.174. The van der Waals surface area contributed by atoms with Crippen molar-refractivity contribution in [2.24, 2.45) is 0 Å². The molecule has 30 heavy (non-hydrogen) atoms. The average Bonchev–Trinajstić information content (AvgIpc) is 2.74. The van der Waals surface area contributed by atoms with Crippen molar-refractivity contribution >= 4 is 23.0 Å². The number of aromatic nitrogens is 1. The second-order valence-electron chi connectivity index (χ2n) is 7.04. The van der Waals surface area contributed by atoms with E-state index in [-0.39, 0.29) is 18.4 Å². The van der Waals surface area contributed by atoms with E-state index >= 15 is 0 Å². The van der Waals surface area contributed by atoms with Crippen molar-refractivity contribution in [1.29, 1.82) is 5.26 Å². The summed E-state index contributed by atoms with van der Waals surface area (Å²) in [5.41, 5.74) is 4.26. The van der Waals surface area contributed by atoms with Gasteiger partial charge in [-0.1, -0.05) is 0 Å². The Balaban J connectivity index is 1.89. The Kier molecular flexibility index (Phi) is 4.84. The van der Waals surface area contributed by atoms with Crippen LogP contribution in [0.25, 0.3) is 0 Å². The summed E-state index contributed by atoms with van der Waals surface area (Å²) in [7, 11) is 1.53. The quantitative estimate of drug-likeness (QED) is 0.646. The topological polar surface area (TPSA) is 69.5 Å². The molecule has 6 nitrogen and oxygen atoms in total. The molecule has 1 aromatic heterocycles. The summed E-state index contributed by atoms with van der Waals surface area (Å²) in [5.74, 6) is -0.0938. The summed E-state index contributed by atoms with van der Waals surface area (Å²) >= 11 is 0. The molecule has 3 aromatic rings. The van der Waals surface area contributed by atoms with Gasteiger partial charge >= 0.3 is 0 Å². The summed E-state index contributed by atoms with van der Waals surface area (Å²) in [4.78, 5) is 21.3. The van der Waals surface area contributed by atoms with Crippen molar-refractivity contribution in [1.82, 2.24) is 4.98 Å². The highest BCUT2D eigenvalue weighted by Crippen LogP contribution is 2.38. The van der Waals surface area contributed by atoms with Crippen molar-refractivity contribution in [2.75, 3.05) is 23.6 Å². The zero-order valence-electron chi connectivity index (χ0n) is 16.8. The molecule has 7 heteroatoms. The first-order valence-corrected chi connectivity index (χ1v) is 9.34. The van der Waals surface area contributed by atoms with Crippen LogP contribution in [0.2, 0.25) is 0 Å². The summed E-state index contributed by atoms with van der Waals surface area (Å²) in [6.07, 6.45) is 0. The minimum absolute atomic E-state index is 0.221. The van der Waals surface area contributed by atoms with Gasteiger partial charge in [-0.25, -0.2) is 9.37 Å². The van der Waals surface area contributed by atoms with Gasteiger partial charge in [0, 0.05) is 11.8 Å². The van der Waals surface area contributed by atoms with Crippen molar-refractivity contribution in [3.05, 3.63) is 76.7 Å². The van der Waals surface area contributed by atoms with E-state index in [1.54, 1.807) is 48.2 Å². The zero-order valence-corrected chi connectivity index (χ0v) is 16.8. The molecule has 2 aromatic carbocycles. The summed E-state index contributed by atoms with van der Waals surface area (Å²) in [6.45, 7) is 3.85. The lowest BCUT2D eigenvalue weighted by molar-refractivity contribution is 0.0983. The van der Waals surface area contributed by atoms with Crippen LogP contribution in [0.15, 0.2) is 48.5 Å². The van der Waals surface area contributed by atoms with Crippen LogP contribution in [0.3, 0.4) is 0 Å². The number of nitriles is 1. The van der Waals surface area contributed by atoms with Crippen LogP contribution in [-0.2, 0) is 0 Å². The molecule has 0 unspecified atom stereocenters. The van der Waals surface area contributed by atoms with E-state index in [0.717, 1.165) is 11.3 Å². The predicted octanol–water partition coefficient (Wildman–Crippen LogP) is 4.47. The summed E-state index contributed by atoms with van der Waals surface area (Å²) in [5, 5.41) is 9.31. The Hall–Kier alpha value is -3.92. The van der Waals surface area contributed by atoms with Gasteiger partial charge in [0.1, 0.15) is 12.5 Å². The molecule has 0 saturated carbocycles. The molecule has 2 heterocycles. The van der Waals surface area contributed by atoms with Gasteiger partial charge in [-0.05, 0) is 61.9 Å². The molecular formula is C23H19FN4O2. The number of carbonyl (C=O) groups is 1. The van der Waals surface area contributed by atoms with E-state index in [2.05, 4.69) is 11.1 Å². The third-order valence-corrected chi connectivity index (χ3v) is 5.16. The number of anilines is 3. The lowest BCUT2D eigenvalue weighted by Gasteiger charge is -2.39. The maximum absolute atomic E-state index is 13.7. The first-order valence-electron chi connectivity index (χ1n) is 9.34. The minimum atomic E-state index is -0.323. The fourth-order valence-electron chi connectivity index (χ4n) is 3.68. The largest absolute Gasteiger partial charge is 0.481 e. The number of pyridine rings is 1. The lowest BCUT2D eigenvalue weighted by atomic mass is 10.0. The van der Waals surface area contributed by atoms with Crippen LogP contribution in [0.1, 0.15) is 27.2 Å². The molecule has 0 bridgehead atoms. The second kappa shape index (κ2) is 7.48. The number of hydrogen-bond acceptors (Lipinski definition) is 5. The van der Waals surface area contributed by atoms with E-state index in [4.69, 9.17) is 4.74 Å². The molecule has 0 atom stereocenters. The number of nitrogens with zero attached hydrogens (tertiary/aromatic N) is 4. The molecule has 1 aliphatic heterocycles. The van der Waals surface area contributed by atoms with E-state index < -0.39 is 0 Å². The first kappa shape index (κ1) is 19.4. The summed E-state index contributed by atoms with van der Waals surface area (Å²) < 4.78 is 18.9. The van der Waals surface area contributed by atoms with Gasteiger partial charge in [-0.3, -0.25) is 9.69 Å². The molecule has 150 valence electrons. The number of fused-ring (bicyclic) bond motifs is 1. The Bertz CT molecular complexity index is 1200. The number of ether oxygens (including phenoxy) is 1. The lowest BCUT2D eigenvalue weighted by Crippen LogP contribution is -2.45. The Morgan fingerprint density at radius 2 is 1.77 bits per heavy atom. The van der Waals surface area contributed by atoms with Crippen LogP contribution in [-0.4, -0.2) is 24.7 Å². The standard InChI is InChI=1S/C23H19FN4O2/c1-14-10-17(24)5-7-19(14)27-13-28(20-8-9-22(30-3)26-15(20)2)23(29)18-11-16(12-25)4-6-21(18)27/h4-11H,13H2,1-3H3. The average molecular weight is 402 g/mol. The van der Waals surface area contributed by atoms with Crippen LogP contribution in [0.4, 0.5) is 21.5 Å². The monoisotopic (exact) mass is 402 g/mol. The van der Waals surface area contributed by atoms with Crippen molar-refractivity contribution in [2.45, 2.75) is 13.8 Å². The third-order valence-electron chi connectivity index (χ3n) is 5.16. The number of carbonyl (C=O) groups excluding carboxylic acids is 1. The molecule has 0 aliphatic carbocycles. The third kappa shape index (κ3) is 3.22. The molecule has 0 saturated heterocycles. The molecule has 0 fully saturated rings. The summed E-state index contributed by atoms with van der Waals surface area (Å²) in [6, 6.07) is 15.1. The first-order chi connectivity index (χ1) is 14.4. The number of benzene rings is 2. The van der Waals surface area contributed by atoms with Gasteiger partial charge in [0.05, 0.1) is 41.4 Å². The van der Waals surface area contributed by atoms with E-state index in [9.17, 15) is 14.4 Å². The van der Waals surface area contributed by atoms with Crippen molar-refractivity contribution < 1.29 is 13.9 Å². The molecule has 1 aliphatic rings. The van der Waals surface area contributed by atoms with E-state index in [1.165, 1.54) is 19.2 Å². The van der Waals surface area contributed by atoms with Gasteiger partial charge < -0.3 is 9.64 Å². The molecule has 0 radical (unpaired) electrons. The SMILES string of the molecule is COc1ccc(N2CN(c3ccc(F)cc3C)c3ccc(C#N)cc3C2=O)c(C)n1. The normalized spacial score (nSPS) is 13.1. The van der Waals surface area contributed by atoms with E-state index in [1.807, 2.05) is 11.8 Å². The number of halogens is 1. The number of aryl methyl sites for hydroxylation is 2. The van der Waals surface area contributed by atoms with Crippen molar-refractivity contribution in [3.8, 4) is 11.9 Å². The molecule has 0 spiro atoms. The fourth-order valence-corrected chi connectivity index (χ4v) is 3.68. The maximum atomic E-state index is 13.7. The van der Waals surface area contributed by atoms with Gasteiger partial charge in [0.15, 0.2) is 0 Å². The Labute approximate surface area is 173 Å². The zero-order chi connectivity index (χ0) is 21.4. The van der Waals surface area contributed by atoms with Gasteiger partial charge in [-0.2, -0.15) is 5.26 Å². The molecule has 1 amide bonds. The van der Waals surface area contributed by atoms with E-state index in [0.29, 0.717) is 34.1 Å². The highest BCUT2D eigenvalue weighted by atomic mass is 19.1. The Morgan fingerprint density at radius 1 is 1.03 bits per heavy atom. The number of hydrogen-bond donors (Lipinski definition) is 0. The molecular weight excluding hydrogens is 383 g/mol. The van der Waals surface area contributed by atoms with Gasteiger partial charge in [0.2, 0.25) is 5.88 Å². The maximum Gasteiger partial charge on any atom is 0.261 e. The van der Waals surface area contributed by atoms with Gasteiger partial charge in [0.25, 0.3) is 5.91 Å². The van der Waals surface area contributed by atoms with Crippen LogP contribution < -0.4 is 14.5 Å². The Morgan fingerprint density at radius 3 is 2.43 bits per heavy atom. The van der Waals surface area contributed by atoms with Crippen LogP contribution in [0, 0.1) is 31.0 Å². The highest BCUT2D eigenvalue weighted by molar-refractivity contribution is 6.13. The highest BCUT2D eigenvalue weighted by Gasteiger charge is 2.33. The van der Waals surface area contributed by atoms with Crippen molar-refractivity contribution in [3.63, 3.8) is 0 Å². The predicted molar refractivity (Wildman–Crippen MR) is 112 cm³/mol. The van der Waals surface area contributed by atoms with Crippen LogP contribution in [0.5, 0.6) is 5.88 Å². The number of methoxy groups -OCH3 is 1. The minimum Gasteiger partial charge on any atom is -0.481 e. The smallest absolute Gasteiger partial charge is 0.261 e. The van der Waals surface area contributed by atoms with Gasteiger partial charge in [-0.15, -0.1) is 0 Å².